The fourth-order valence-electron chi connectivity index (χ4n) is 2.33. The first-order chi connectivity index (χ1) is 9.65. The largest absolute Gasteiger partial charge is 0.399 e. The number of benzene rings is 2. The minimum absolute atomic E-state index is 0.738. The highest BCUT2D eigenvalue weighted by Crippen LogP contribution is 2.25. The van der Waals surface area contributed by atoms with Gasteiger partial charge in [-0.25, -0.2) is 4.68 Å². The van der Waals surface area contributed by atoms with E-state index in [1.807, 2.05) is 28.9 Å². The normalized spacial score (nSPS) is 10.7. The topological polar surface area (TPSA) is 56.7 Å². The van der Waals surface area contributed by atoms with E-state index in [9.17, 15) is 0 Å². The smallest absolute Gasteiger partial charge is 0.0946 e. The highest BCUT2D eigenvalue weighted by Gasteiger charge is 2.10. The molecule has 3 aromatic rings. The average molecular weight is 264 g/mol. The van der Waals surface area contributed by atoms with Gasteiger partial charge in [-0.15, -0.1) is 5.10 Å². The first-order valence-electron chi connectivity index (χ1n) is 6.49. The van der Waals surface area contributed by atoms with Crippen LogP contribution in [0, 0.1) is 13.8 Å². The van der Waals surface area contributed by atoms with Gasteiger partial charge in [0.2, 0.25) is 0 Å². The molecule has 1 aromatic heterocycles. The van der Waals surface area contributed by atoms with Crippen LogP contribution in [0.3, 0.4) is 0 Å². The zero-order chi connectivity index (χ0) is 14.1. The quantitative estimate of drug-likeness (QED) is 0.723. The van der Waals surface area contributed by atoms with Crippen LogP contribution >= 0.6 is 0 Å². The summed E-state index contributed by atoms with van der Waals surface area (Å²) in [5, 5.41) is 8.22. The molecule has 0 aliphatic carbocycles. The Morgan fingerprint density at radius 2 is 1.75 bits per heavy atom. The van der Waals surface area contributed by atoms with E-state index in [-0.39, 0.29) is 0 Å². The summed E-state index contributed by atoms with van der Waals surface area (Å²) < 4.78 is 1.83. The molecular formula is C16H16N4. The molecule has 0 unspecified atom stereocenters. The van der Waals surface area contributed by atoms with Crippen LogP contribution in [0.15, 0.2) is 48.7 Å². The van der Waals surface area contributed by atoms with Gasteiger partial charge in [-0.05, 0) is 43.7 Å². The fraction of sp³-hybridized carbons (Fsp3) is 0.125. The summed E-state index contributed by atoms with van der Waals surface area (Å²) in [4.78, 5) is 0. The van der Waals surface area contributed by atoms with Crippen molar-refractivity contribution in [2.45, 2.75) is 13.8 Å². The van der Waals surface area contributed by atoms with Crippen molar-refractivity contribution in [2.24, 2.45) is 0 Å². The third kappa shape index (κ3) is 2.16. The summed E-state index contributed by atoms with van der Waals surface area (Å²) in [6, 6.07) is 14.0. The van der Waals surface area contributed by atoms with Gasteiger partial charge >= 0.3 is 0 Å². The van der Waals surface area contributed by atoms with Crippen LogP contribution in [0.2, 0.25) is 0 Å². The van der Waals surface area contributed by atoms with Crippen LogP contribution in [0.4, 0.5) is 5.69 Å². The molecule has 2 N–H and O–H groups in total. The van der Waals surface area contributed by atoms with Gasteiger partial charge < -0.3 is 5.73 Å². The summed E-state index contributed by atoms with van der Waals surface area (Å²) >= 11 is 0. The second kappa shape index (κ2) is 4.81. The number of anilines is 1. The van der Waals surface area contributed by atoms with E-state index in [1.165, 1.54) is 11.1 Å². The Morgan fingerprint density at radius 3 is 2.45 bits per heavy atom. The molecule has 4 nitrogen and oxygen atoms in total. The van der Waals surface area contributed by atoms with Crippen molar-refractivity contribution < 1.29 is 0 Å². The van der Waals surface area contributed by atoms with Gasteiger partial charge in [0.05, 0.1) is 17.6 Å². The number of nitrogen functional groups attached to an aromatic ring is 1. The molecule has 4 heteroatoms. The Labute approximate surface area is 117 Å². The second-order valence-electron chi connectivity index (χ2n) is 4.94. The monoisotopic (exact) mass is 264 g/mol. The Kier molecular flexibility index (Phi) is 2.99. The summed E-state index contributed by atoms with van der Waals surface area (Å²) in [5.74, 6) is 0. The van der Waals surface area contributed by atoms with Crippen molar-refractivity contribution in [3.8, 4) is 16.9 Å². The van der Waals surface area contributed by atoms with Crippen molar-refractivity contribution in [3.05, 3.63) is 59.8 Å². The third-order valence-electron chi connectivity index (χ3n) is 3.34. The maximum atomic E-state index is 5.72. The molecular weight excluding hydrogens is 248 g/mol. The zero-order valence-electron chi connectivity index (χ0n) is 11.5. The fourth-order valence-corrected chi connectivity index (χ4v) is 2.33. The van der Waals surface area contributed by atoms with E-state index < -0.39 is 0 Å². The molecule has 0 atom stereocenters. The minimum Gasteiger partial charge on any atom is -0.399 e. The summed E-state index contributed by atoms with van der Waals surface area (Å²) in [6.07, 6.45) is 1.79. The SMILES string of the molecule is Cc1ccc(-c2cnnn2-c2ccc(N)cc2)c(C)c1. The summed E-state index contributed by atoms with van der Waals surface area (Å²) in [6.45, 7) is 4.19. The van der Waals surface area contributed by atoms with Crippen molar-refractivity contribution in [3.63, 3.8) is 0 Å². The molecule has 0 aliphatic heterocycles. The maximum absolute atomic E-state index is 5.72. The van der Waals surface area contributed by atoms with Crippen LogP contribution in [-0.2, 0) is 0 Å². The molecule has 0 fully saturated rings. The standard InChI is InChI=1S/C16H16N4/c1-11-3-8-15(12(2)9-11)16-10-18-19-20(16)14-6-4-13(17)5-7-14/h3-10H,17H2,1-2H3. The average Bonchev–Trinajstić information content (AvgIpc) is 2.88. The Balaban J connectivity index is 2.12. The van der Waals surface area contributed by atoms with Crippen molar-refractivity contribution in [2.75, 3.05) is 5.73 Å². The number of hydrogen-bond donors (Lipinski definition) is 1. The molecule has 20 heavy (non-hydrogen) atoms. The number of hydrogen-bond acceptors (Lipinski definition) is 3. The lowest BCUT2D eigenvalue weighted by molar-refractivity contribution is 0.807. The first-order valence-corrected chi connectivity index (χ1v) is 6.49. The molecule has 0 aliphatic rings. The Bertz CT molecular complexity index is 741. The predicted octanol–water partition coefficient (Wildman–Crippen LogP) is 3.13. The van der Waals surface area contributed by atoms with Gasteiger partial charge in [-0.2, -0.15) is 0 Å². The highest BCUT2D eigenvalue weighted by molar-refractivity contribution is 5.65. The Hall–Kier alpha value is -2.62. The van der Waals surface area contributed by atoms with E-state index >= 15 is 0 Å². The zero-order valence-corrected chi connectivity index (χ0v) is 11.5. The first kappa shape index (κ1) is 12.4. The van der Waals surface area contributed by atoms with E-state index in [1.54, 1.807) is 6.20 Å². The van der Waals surface area contributed by atoms with Gasteiger partial charge in [0.25, 0.3) is 0 Å². The molecule has 100 valence electrons. The Morgan fingerprint density at radius 1 is 1.00 bits per heavy atom. The number of nitrogens with zero attached hydrogens (tertiary/aromatic N) is 3. The lowest BCUT2D eigenvalue weighted by Gasteiger charge is -2.09. The van der Waals surface area contributed by atoms with E-state index in [2.05, 4.69) is 42.4 Å². The van der Waals surface area contributed by atoms with Gasteiger partial charge in [0, 0.05) is 11.3 Å². The number of rotatable bonds is 2. The number of aromatic nitrogens is 3. The maximum Gasteiger partial charge on any atom is 0.0946 e. The van der Waals surface area contributed by atoms with Crippen LogP contribution in [-0.4, -0.2) is 15.0 Å². The lowest BCUT2D eigenvalue weighted by atomic mass is 10.0. The molecule has 0 saturated carbocycles. The van der Waals surface area contributed by atoms with Crippen molar-refractivity contribution in [1.29, 1.82) is 0 Å². The van der Waals surface area contributed by atoms with Crippen LogP contribution < -0.4 is 5.73 Å². The van der Waals surface area contributed by atoms with Gasteiger partial charge in [-0.3, -0.25) is 0 Å². The molecule has 0 radical (unpaired) electrons. The molecule has 0 spiro atoms. The van der Waals surface area contributed by atoms with Gasteiger partial charge in [0.1, 0.15) is 0 Å². The number of aryl methyl sites for hydroxylation is 2. The molecule has 0 amide bonds. The van der Waals surface area contributed by atoms with Crippen molar-refractivity contribution in [1.82, 2.24) is 15.0 Å². The molecule has 1 heterocycles. The van der Waals surface area contributed by atoms with Crippen molar-refractivity contribution >= 4 is 5.69 Å². The minimum atomic E-state index is 0.738. The molecule has 2 aromatic carbocycles. The third-order valence-corrected chi connectivity index (χ3v) is 3.34. The van der Waals surface area contributed by atoms with Gasteiger partial charge in [-0.1, -0.05) is 29.0 Å². The molecule has 0 bridgehead atoms. The van der Waals surface area contributed by atoms with E-state index in [0.29, 0.717) is 0 Å². The highest BCUT2D eigenvalue weighted by atomic mass is 15.4. The predicted molar refractivity (Wildman–Crippen MR) is 80.7 cm³/mol. The van der Waals surface area contributed by atoms with Crippen LogP contribution in [0.1, 0.15) is 11.1 Å². The van der Waals surface area contributed by atoms with Gasteiger partial charge in [0.15, 0.2) is 0 Å². The van der Waals surface area contributed by atoms with Crippen LogP contribution in [0.25, 0.3) is 16.9 Å². The molecule has 0 saturated heterocycles. The summed E-state index contributed by atoms with van der Waals surface area (Å²) in [5.41, 5.74) is 12.0. The second-order valence-corrected chi connectivity index (χ2v) is 4.94. The van der Waals surface area contributed by atoms with Crippen LogP contribution in [0.5, 0.6) is 0 Å². The molecule has 3 rings (SSSR count). The summed E-state index contributed by atoms with van der Waals surface area (Å²) in [7, 11) is 0. The van der Waals surface area contributed by atoms with E-state index in [0.717, 1.165) is 22.6 Å². The van der Waals surface area contributed by atoms with E-state index in [4.69, 9.17) is 5.73 Å². The lowest BCUT2D eigenvalue weighted by Crippen LogP contribution is -2.00. The number of nitrogens with two attached hydrogens (primary N) is 1.